The molecule has 1 N–H and O–H groups in total. The van der Waals surface area contributed by atoms with Crippen LogP contribution in [0.15, 0.2) is 30.3 Å². The van der Waals surface area contributed by atoms with Gasteiger partial charge in [0, 0.05) is 11.6 Å². The maximum absolute atomic E-state index is 12.8. The zero-order chi connectivity index (χ0) is 20.1. The van der Waals surface area contributed by atoms with Crippen LogP contribution in [0.5, 0.6) is 17.2 Å². The molecular weight excluding hydrogens is 342 g/mol. The summed E-state index contributed by atoms with van der Waals surface area (Å²) in [7, 11) is 4.81. The molecule has 0 spiro atoms. The predicted octanol–water partition coefficient (Wildman–Crippen LogP) is 4.64. The maximum Gasteiger partial charge on any atom is 0.252 e. The van der Waals surface area contributed by atoms with Gasteiger partial charge >= 0.3 is 0 Å². The first kappa shape index (κ1) is 20.6. The van der Waals surface area contributed by atoms with Gasteiger partial charge < -0.3 is 19.5 Å². The van der Waals surface area contributed by atoms with Gasteiger partial charge in [0.15, 0.2) is 0 Å². The van der Waals surface area contributed by atoms with Gasteiger partial charge in [-0.1, -0.05) is 13.8 Å². The summed E-state index contributed by atoms with van der Waals surface area (Å²) >= 11 is 0. The van der Waals surface area contributed by atoms with Crippen LogP contribution >= 0.6 is 0 Å². The fourth-order valence-corrected chi connectivity index (χ4v) is 3.11. The Morgan fingerprint density at radius 3 is 1.93 bits per heavy atom. The van der Waals surface area contributed by atoms with Gasteiger partial charge in [-0.3, -0.25) is 4.79 Å². The molecule has 2 rings (SSSR count). The minimum Gasteiger partial charge on any atom is -0.497 e. The molecule has 5 nitrogen and oxygen atoms in total. The molecule has 0 aliphatic heterocycles. The summed E-state index contributed by atoms with van der Waals surface area (Å²) in [5.41, 5.74) is 3.77. The Hall–Kier alpha value is -2.69. The third kappa shape index (κ3) is 4.73. The number of methoxy groups -OCH3 is 3. The molecule has 0 saturated carbocycles. The quantitative estimate of drug-likeness (QED) is 0.771. The lowest BCUT2D eigenvalue weighted by atomic mass is 9.93. The van der Waals surface area contributed by atoms with E-state index in [1.165, 1.54) is 0 Å². The molecule has 2 aromatic carbocycles. The average molecular weight is 371 g/mol. The van der Waals surface area contributed by atoms with Crippen molar-refractivity contribution in [3.05, 3.63) is 52.6 Å². The third-order valence-corrected chi connectivity index (χ3v) is 4.67. The van der Waals surface area contributed by atoms with Crippen molar-refractivity contribution in [2.75, 3.05) is 21.3 Å². The smallest absolute Gasteiger partial charge is 0.252 e. The van der Waals surface area contributed by atoms with Crippen molar-refractivity contribution >= 4 is 5.91 Å². The molecule has 0 saturated heterocycles. The van der Waals surface area contributed by atoms with E-state index in [4.69, 9.17) is 14.2 Å². The molecule has 1 atom stereocenters. The summed E-state index contributed by atoms with van der Waals surface area (Å²) in [5.74, 6) is 2.18. The van der Waals surface area contributed by atoms with Gasteiger partial charge in [-0.15, -0.1) is 0 Å². The van der Waals surface area contributed by atoms with Gasteiger partial charge in [-0.05, 0) is 60.7 Å². The number of benzene rings is 2. The molecule has 0 bridgehead atoms. The Balaban J connectivity index is 2.30. The molecule has 0 heterocycles. The van der Waals surface area contributed by atoms with Crippen LogP contribution in [-0.2, 0) is 0 Å². The van der Waals surface area contributed by atoms with Crippen molar-refractivity contribution in [2.45, 2.75) is 39.7 Å². The van der Waals surface area contributed by atoms with Crippen molar-refractivity contribution in [1.82, 2.24) is 5.32 Å². The Morgan fingerprint density at radius 1 is 0.852 bits per heavy atom. The van der Waals surface area contributed by atoms with E-state index in [1.807, 2.05) is 19.9 Å². The number of aryl methyl sites for hydroxylation is 1. The molecular formula is C22H29NO4. The van der Waals surface area contributed by atoms with E-state index in [9.17, 15) is 4.79 Å². The lowest BCUT2D eigenvalue weighted by Crippen LogP contribution is -2.27. The van der Waals surface area contributed by atoms with Crippen LogP contribution < -0.4 is 19.5 Å². The summed E-state index contributed by atoms with van der Waals surface area (Å²) in [5, 5.41) is 3.07. The molecule has 146 valence electrons. The first-order valence-corrected chi connectivity index (χ1v) is 9.03. The second-order valence-corrected chi connectivity index (χ2v) is 6.90. The van der Waals surface area contributed by atoms with Crippen LogP contribution in [0.1, 0.15) is 59.8 Å². The van der Waals surface area contributed by atoms with Gasteiger partial charge in [0.05, 0.1) is 27.4 Å². The number of carbonyl (C=O) groups excluding carboxylic acids is 1. The van der Waals surface area contributed by atoms with E-state index in [0.29, 0.717) is 23.0 Å². The van der Waals surface area contributed by atoms with Crippen molar-refractivity contribution in [2.24, 2.45) is 0 Å². The standard InChI is InChI=1S/C22H29NO4/c1-13(2)19-12-20(14(3)8-21(19)27-7)15(4)23-22(24)16-9-17(25-5)11-18(10-16)26-6/h8-13,15H,1-7H3,(H,23,24)/t15-/m1/s1. The van der Waals surface area contributed by atoms with Crippen LogP contribution in [0.25, 0.3) is 0 Å². The minimum absolute atomic E-state index is 0.155. The number of hydrogen-bond acceptors (Lipinski definition) is 4. The van der Waals surface area contributed by atoms with Crippen LogP contribution in [0.2, 0.25) is 0 Å². The van der Waals surface area contributed by atoms with Crippen molar-refractivity contribution in [1.29, 1.82) is 0 Å². The molecule has 0 aromatic heterocycles. The number of nitrogens with one attached hydrogen (secondary N) is 1. The lowest BCUT2D eigenvalue weighted by Gasteiger charge is -2.21. The van der Waals surface area contributed by atoms with Gasteiger partial charge in [0.2, 0.25) is 0 Å². The number of ether oxygens (including phenoxy) is 3. The molecule has 5 heteroatoms. The molecule has 0 unspecified atom stereocenters. The average Bonchev–Trinajstić information content (AvgIpc) is 2.66. The minimum atomic E-state index is -0.180. The number of amides is 1. The number of hydrogen-bond donors (Lipinski definition) is 1. The highest BCUT2D eigenvalue weighted by molar-refractivity contribution is 5.95. The van der Waals surface area contributed by atoms with E-state index >= 15 is 0 Å². The molecule has 0 aliphatic carbocycles. The topological polar surface area (TPSA) is 56.8 Å². The molecule has 0 radical (unpaired) electrons. The van der Waals surface area contributed by atoms with E-state index in [1.54, 1.807) is 39.5 Å². The summed E-state index contributed by atoms with van der Waals surface area (Å²) in [6, 6.07) is 9.13. The van der Waals surface area contributed by atoms with Gasteiger partial charge in [0.1, 0.15) is 17.2 Å². The van der Waals surface area contributed by atoms with E-state index in [-0.39, 0.29) is 11.9 Å². The third-order valence-electron chi connectivity index (χ3n) is 4.67. The molecule has 0 fully saturated rings. The summed E-state index contributed by atoms with van der Waals surface area (Å²) < 4.78 is 16.0. The van der Waals surface area contributed by atoms with Crippen molar-refractivity contribution in [3.8, 4) is 17.2 Å². The predicted molar refractivity (Wildman–Crippen MR) is 107 cm³/mol. The first-order valence-electron chi connectivity index (χ1n) is 9.03. The Bertz CT molecular complexity index is 792. The SMILES string of the molecule is COc1cc(OC)cc(C(=O)N[C@H](C)c2cc(C(C)C)c(OC)cc2C)c1. The first-order chi connectivity index (χ1) is 12.8. The Labute approximate surface area is 161 Å². The summed E-state index contributed by atoms with van der Waals surface area (Å²) in [6.07, 6.45) is 0. The maximum atomic E-state index is 12.8. The monoisotopic (exact) mass is 371 g/mol. The second kappa shape index (κ2) is 8.80. The zero-order valence-electron chi connectivity index (χ0n) is 17.2. The fourth-order valence-electron chi connectivity index (χ4n) is 3.11. The zero-order valence-corrected chi connectivity index (χ0v) is 17.2. The fraction of sp³-hybridized carbons (Fsp3) is 0.409. The second-order valence-electron chi connectivity index (χ2n) is 6.90. The van der Waals surface area contributed by atoms with Crippen LogP contribution in [0.4, 0.5) is 0 Å². The lowest BCUT2D eigenvalue weighted by molar-refractivity contribution is 0.0939. The normalized spacial score (nSPS) is 11.9. The van der Waals surface area contributed by atoms with Crippen molar-refractivity contribution in [3.63, 3.8) is 0 Å². The Kier molecular flexibility index (Phi) is 6.72. The van der Waals surface area contributed by atoms with Crippen LogP contribution in [-0.4, -0.2) is 27.2 Å². The van der Waals surface area contributed by atoms with Gasteiger partial charge in [-0.25, -0.2) is 0 Å². The summed E-state index contributed by atoms with van der Waals surface area (Å²) in [4.78, 5) is 12.8. The molecule has 2 aromatic rings. The highest BCUT2D eigenvalue weighted by atomic mass is 16.5. The molecule has 1 amide bonds. The van der Waals surface area contributed by atoms with Gasteiger partial charge in [0.25, 0.3) is 5.91 Å². The van der Waals surface area contributed by atoms with Crippen molar-refractivity contribution < 1.29 is 19.0 Å². The van der Waals surface area contributed by atoms with Crippen LogP contribution in [0.3, 0.4) is 0 Å². The van der Waals surface area contributed by atoms with E-state index in [0.717, 1.165) is 22.4 Å². The summed E-state index contributed by atoms with van der Waals surface area (Å²) in [6.45, 7) is 8.26. The number of carbonyl (C=O) groups is 1. The largest absolute Gasteiger partial charge is 0.497 e. The van der Waals surface area contributed by atoms with Crippen LogP contribution in [0, 0.1) is 6.92 Å². The Morgan fingerprint density at radius 2 is 1.44 bits per heavy atom. The number of rotatable bonds is 7. The van der Waals surface area contributed by atoms with Gasteiger partial charge in [-0.2, -0.15) is 0 Å². The van der Waals surface area contributed by atoms with E-state index in [2.05, 4.69) is 25.2 Å². The molecule has 27 heavy (non-hydrogen) atoms. The van der Waals surface area contributed by atoms with E-state index < -0.39 is 0 Å². The highest BCUT2D eigenvalue weighted by Crippen LogP contribution is 2.32. The highest BCUT2D eigenvalue weighted by Gasteiger charge is 2.18. The molecule has 0 aliphatic rings.